The Hall–Kier alpha value is -0.820. The summed E-state index contributed by atoms with van der Waals surface area (Å²) in [7, 11) is 0. The Labute approximate surface area is 200 Å². The largest absolute Gasteiger partial charge is 0.465 e. The van der Waals surface area contributed by atoms with Gasteiger partial charge in [-0.05, 0) is 87.0 Å². The standard InChI is InChI=1S/C26H37IO4/c1-5-26(4,15-27)25(28)30-19-11-9-18(10-12-19)29-24(16(2)3)31-23-14-17-13-22(23)21-8-6-7-20(17)21/h9-12,16-17,20-24H,5-8,13-15H2,1-4H3. The Morgan fingerprint density at radius 1 is 1.10 bits per heavy atom. The van der Waals surface area contributed by atoms with E-state index < -0.39 is 5.41 Å². The molecule has 0 aromatic heterocycles. The lowest BCUT2D eigenvalue weighted by molar-refractivity contribution is -0.162. The molecule has 7 unspecified atom stereocenters. The van der Waals surface area contributed by atoms with Crippen LogP contribution in [-0.4, -0.2) is 22.8 Å². The quantitative estimate of drug-likeness (QED) is 0.116. The number of benzene rings is 1. The van der Waals surface area contributed by atoms with Gasteiger partial charge in [-0.1, -0.05) is 49.8 Å². The summed E-state index contributed by atoms with van der Waals surface area (Å²) in [5.41, 5.74) is -0.453. The highest BCUT2D eigenvalue weighted by Crippen LogP contribution is 2.59. The molecule has 4 rings (SSSR count). The second-order valence-corrected chi connectivity index (χ2v) is 11.2. The molecule has 3 aliphatic carbocycles. The lowest BCUT2D eigenvalue weighted by Crippen LogP contribution is -2.37. The zero-order valence-electron chi connectivity index (χ0n) is 19.3. The molecule has 0 radical (unpaired) electrons. The van der Waals surface area contributed by atoms with Gasteiger partial charge in [-0.2, -0.15) is 0 Å². The zero-order valence-corrected chi connectivity index (χ0v) is 21.5. The second-order valence-electron chi connectivity index (χ2n) is 10.5. The summed E-state index contributed by atoms with van der Waals surface area (Å²) in [4.78, 5) is 12.5. The van der Waals surface area contributed by atoms with Crippen molar-refractivity contribution in [3.05, 3.63) is 24.3 Å². The fourth-order valence-electron chi connectivity index (χ4n) is 5.90. The van der Waals surface area contributed by atoms with Crippen molar-refractivity contribution in [2.45, 2.75) is 78.6 Å². The molecule has 4 nitrogen and oxygen atoms in total. The van der Waals surface area contributed by atoms with Crippen molar-refractivity contribution in [2.75, 3.05) is 4.43 Å². The lowest BCUT2D eigenvalue weighted by atomic mass is 9.80. The Morgan fingerprint density at radius 3 is 2.42 bits per heavy atom. The third-order valence-corrected chi connectivity index (χ3v) is 9.76. The van der Waals surface area contributed by atoms with Gasteiger partial charge in [0.25, 0.3) is 0 Å². The van der Waals surface area contributed by atoms with Crippen molar-refractivity contribution in [1.82, 2.24) is 0 Å². The maximum atomic E-state index is 12.5. The van der Waals surface area contributed by atoms with Crippen LogP contribution in [0, 0.1) is 35.0 Å². The number of carbonyl (C=O) groups excluding carboxylic acids is 1. The van der Waals surface area contributed by atoms with Crippen LogP contribution in [0.5, 0.6) is 11.5 Å². The number of halogens is 1. The molecule has 7 atom stereocenters. The van der Waals surface area contributed by atoms with E-state index in [-0.39, 0.29) is 18.2 Å². The van der Waals surface area contributed by atoms with Crippen molar-refractivity contribution in [1.29, 1.82) is 0 Å². The first-order chi connectivity index (χ1) is 14.8. The topological polar surface area (TPSA) is 44.8 Å². The van der Waals surface area contributed by atoms with E-state index in [0.717, 1.165) is 40.3 Å². The first kappa shape index (κ1) is 23.3. The Kier molecular flexibility index (Phi) is 7.21. The molecule has 3 aliphatic rings. The first-order valence-electron chi connectivity index (χ1n) is 12.0. The molecule has 3 saturated carbocycles. The summed E-state index contributed by atoms with van der Waals surface area (Å²) < 4.78 is 19.2. The molecule has 3 fully saturated rings. The average Bonchev–Trinajstić information content (AvgIpc) is 3.47. The van der Waals surface area contributed by atoms with E-state index >= 15 is 0 Å². The van der Waals surface area contributed by atoms with Crippen molar-refractivity contribution in [3.8, 4) is 11.5 Å². The number of ether oxygens (including phenoxy) is 3. The lowest BCUT2D eigenvalue weighted by Gasteiger charge is -2.35. The highest BCUT2D eigenvalue weighted by molar-refractivity contribution is 14.1. The predicted octanol–water partition coefficient (Wildman–Crippen LogP) is 6.65. The van der Waals surface area contributed by atoms with Gasteiger partial charge in [0, 0.05) is 10.3 Å². The van der Waals surface area contributed by atoms with Crippen LogP contribution in [0.15, 0.2) is 24.3 Å². The molecular formula is C26H37IO4. The van der Waals surface area contributed by atoms with Crippen LogP contribution in [0.25, 0.3) is 0 Å². The normalized spacial score (nSPS) is 32.0. The minimum atomic E-state index is -0.453. The fraction of sp³-hybridized carbons (Fsp3) is 0.731. The molecule has 0 amide bonds. The van der Waals surface area contributed by atoms with Gasteiger partial charge in [-0.3, -0.25) is 4.79 Å². The number of carbonyl (C=O) groups is 1. The number of hydrogen-bond donors (Lipinski definition) is 0. The Morgan fingerprint density at radius 2 is 1.77 bits per heavy atom. The number of rotatable bonds is 9. The zero-order chi connectivity index (χ0) is 22.2. The summed E-state index contributed by atoms with van der Waals surface area (Å²) in [6.07, 6.45) is 7.66. The van der Waals surface area contributed by atoms with E-state index in [1.165, 1.54) is 32.1 Å². The first-order valence-corrected chi connectivity index (χ1v) is 13.6. The van der Waals surface area contributed by atoms with Crippen LogP contribution in [0.4, 0.5) is 0 Å². The van der Waals surface area contributed by atoms with Gasteiger partial charge in [0.15, 0.2) is 0 Å². The van der Waals surface area contributed by atoms with Gasteiger partial charge in [0.2, 0.25) is 6.29 Å². The second kappa shape index (κ2) is 9.58. The summed E-state index contributed by atoms with van der Waals surface area (Å²) >= 11 is 2.25. The van der Waals surface area contributed by atoms with E-state index in [0.29, 0.717) is 11.9 Å². The molecule has 0 saturated heterocycles. The van der Waals surface area contributed by atoms with Crippen molar-refractivity contribution in [3.63, 3.8) is 0 Å². The van der Waals surface area contributed by atoms with E-state index in [2.05, 4.69) is 36.4 Å². The minimum Gasteiger partial charge on any atom is -0.465 e. The van der Waals surface area contributed by atoms with Crippen LogP contribution >= 0.6 is 22.6 Å². The molecule has 0 heterocycles. The molecule has 0 aliphatic heterocycles. The van der Waals surface area contributed by atoms with Crippen LogP contribution < -0.4 is 9.47 Å². The third-order valence-electron chi connectivity index (χ3n) is 8.08. The summed E-state index contributed by atoms with van der Waals surface area (Å²) in [5.74, 6) is 4.88. The van der Waals surface area contributed by atoms with Crippen LogP contribution in [0.1, 0.15) is 66.2 Å². The molecule has 2 bridgehead atoms. The van der Waals surface area contributed by atoms with Gasteiger partial charge in [-0.25, -0.2) is 0 Å². The highest BCUT2D eigenvalue weighted by atomic mass is 127. The van der Waals surface area contributed by atoms with Gasteiger partial charge in [-0.15, -0.1) is 0 Å². The smallest absolute Gasteiger partial charge is 0.317 e. The molecule has 0 spiro atoms. The molecular weight excluding hydrogens is 503 g/mol. The Balaban J connectivity index is 1.35. The predicted molar refractivity (Wildman–Crippen MR) is 131 cm³/mol. The number of esters is 1. The molecule has 5 heteroatoms. The van der Waals surface area contributed by atoms with E-state index in [9.17, 15) is 4.79 Å². The van der Waals surface area contributed by atoms with E-state index in [1.807, 2.05) is 38.1 Å². The van der Waals surface area contributed by atoms with E-state index in [1.54, 1.807) is 0 Å². The maximum absolute atomic E-state index is 12.5. The van der Waals surface area contributed by atoms with Crippen LogP contribution in [0.3, 0.4) is 0 Å². The van der Waals surface area contributed by atoms with Crippen LogP contribution in [-0.2, 0) is 9.53 Å². The number of alkyl halides is 1. The SMILES string of the molecule is CCC(C)(CI)C(=O)Oc1ccc(OC(OC2CC3CC2C2CCCC32)C(C)C)cc1. The average molecular weight is 540 g/mol. The fourth-order valence-corrected chi connectivity index (χ4v) is 6.75. The monoisotopic (exact) mass is 540 g/mol. The van der Waals surface area contributed by atoms with Crippen LogP contribution in [0.2, 0.25) is 0 Å². The van der Waals surface area contributed by atoms with Crippen molar-refractivity contribution in [2.24, 2.45) is 35.0 Å². The molecule has 31 heavy (non-hydrogen) atoms. The summed E-state index contributed by atoms with van der Waals surface area (Å²) in [6.45, 7) is 8.28. The van der Waals surface area contributed by atoms with Gasteiger partial charge in [0.1, 0.15) is 11.5 Å². The minimum absolute atomic E-state index is 0.178. The third kappa shape index (κ3) is 4.78. The maximum Gasteiger partial charge on any atom is 0.317 e. The van der Waals surface area contributed by atoms with Gasteiger partial charge < -0.3 is 14.2 Å². The van der Waals surface area contributed by atoms with Crippen molar-refractivity contribution < 1.29 is 19.0 Å². The number of hydrogen-bond acceptors (Lipinski definition) is 4. The van der Waals surface area contributed by atoms with Gasteiger partial charge >= 0.3 is 5.97 Å². The number of fused-ring (bicyclic) bond motifs is 5. The van der Waals surface area contributed by atoms with Crippen molar-refractivity contribution >= 4 is 28.6 Å². The Bertz CT molecular complexity index is 757. The summed E-state index contributed by atoms with van der Waals surface area (Å²) in [6, 6.07) is 7.38. The van der Waals surface area contributed by atoms with E-state index in [4.69, 9.17) is 14.2 Å². The molecule has 172 valence electrons. The molecule has 1 aromatic carbocycles. The highest BCUT2D eigenvalue weighted by Gasteiger charge is 2.54. The van der Waals surface area contributed by atoms with Gasteiger partial charge in [0.05, 0.1) is 11.5 Å². The molecule has 1 aromatic rings. The molecule has 0 N–H and O–H groups in total. The summed E-state index contributed by atoms with van der Waals surface area (Å²) in [5, 5.41) is 0.